The summed E-state index contributed by atoms with van der Waals surface area (Å²) in [5.41, 5.74) is 2.95. The lowest BCUT2D eigenvalue weighted by atomic mass is 10.1. The Bertz CT molecular complexity index is 812. The van der Waals surface area contributed by atoms with Crippen LogP contribution >= 0.6 is 0 Å². The molecule has 2 amide bonds. The summed E-state index contributed by atoms with van der Waals surface area (Å²) in [6, 6.07) is 14.8. The van der Waals surface area contributed by atoms with E-state index in [4.69, 9.17) is 0 Å². The van der Waals surface area contributed by atoms with E-state index in [1.54, 1.807) is 23.1 Å². The van der Waals surface area contributed by atoms with E-state index in [9.17, 15) is 14.0 Å². The van der Waals surface area contributed by atoms with Crippen molar-refractivity contribution in [1.82, 2.24) is 9.80 Å². The van der Waals surface area contributed by atoms with Gasteiger partial charge in [0.25, 0.3) is 0 Å². The third-order valence-electron chi connectivity index (χ3n) is 5.30. The molecular weight excluding hydrogens is 355 g/mol. The van der Waals surface area contributed by atoms with Crippen LogP contribution in [0.1, 0.15) is 29.5 Å². The average molecular weight is 382 g/mol. The molecule has 2 aromatic rings. The van der Waals surface area contributed by atoms with E-state index in [1.165, 1.54) is 17.2 Å². The maximum Gasteiger partial charge on any atom is 0.223 e. The molecule has 5 heteroatoms. The lowest BCUT2D eigenvalue weighted by Gasteiger charge is -2.35. The second kappa shape index (κ2) is 9.49. The van der Waals surface area contributed by atoms with Gasteiger partial charge in [0.15, 0.2) is 0 Å². The molecule has 1 fully saturated rings. The molecule has 4 nitrogen and oxygen atoms in total. The van der Waals surface area contributed by atoms with Gasteiger partial charge in [0.1, 0.15) is 5.82 Å². The van der Waals surface area contributed by atoms with Crippen LogP contribution in [0.3, 0.4) is 0 Å². The normalized spacial score (nSPS) is 14.2. The maximum absolute atomic E-state index is 13.7. The van der Waals surface area contributed by atoms with E-state index >= 15 is 0 Å². The third-order valence-corrected chi connectivity index (χ3v) is 5.30. The molecule has 1 saturated heterocycles. The van der Waals surface area contributed by atoms with Crippen LogP contribution in [0.15, 0.2) is 48.5 Å². The minimum atomic E-state index is -0.265. The van der Waals surface area contributed by atoms with Gasteiger partial charge in [0.05, 0.1) is 0 Å². The van der Waals surface area contributed by atoms with Crippen molar-refractivity contribution in [3.8, 4) is 0 Å². The van der Waals surface area contributed by atoms with Crippen LogP contribution in [0.25, 0.3) is 0 Å². The van der Waals surface area contributed by atoms with Crippen molar-refractivity contribution in [2.75, 3.05) is 26.2 Å². The molecule has 0 atom stereocenters. The fourth-order valence-corrected chi connectivity index (χ4v) is 3.47. The molecule has 1 aliphatic heterocycles. The minimum absolute atomic E-state index is 0.0232. The van der Waals surface area contributed by atoms with Crippen LogP contribution in [-0.2, 0) is 22.4 Å². The van der Waals surface area contributed by atoms with Gasteiger partial charge in [-0.25, -0.2) is 4.39 Å². The van der Waals surface area contributed by atoms with Gasteiger partial charge in [-0.3, -0.25) is 9.59 Å². The van der Waals surface area contributed by atoms with Crippen LogP contribution in [0.4, 0.5) is 4.39 Å². The molecule has 0 aromatic heterocycles. The molecule has 3 rings (SSSR count). The predicted octanol–water partition coefficient (Wildman–Crippen LogP) is 3.37. The second-order valence-corrected chi connectivity index (χ2v) is 7.34. The van der Waals surface area contributed by atoms with E-state index in [2.05, 4.69) is 24.3 Å². The smallest absolute Gasteiger partial charge is 0.223 e. The van der Waals surface area contributed by atoms with Crippen molar-refractivity contribution >= 4 is 11.8 Å². The maximum atomic E-state index is 13.7. The summed E-state index contributed by atoms with van der Waals surface area (Å²) >= 11 is 0. The lowest BCUT2D eigenvalue weighted by Crippen LogP contribution is -2.50. The van der Waals surface area contributed by atoms with Crippen molar-refractivity contribution in [2.45, 2.75) is 32.6 Å². The quantitative estimate of drug-likeness (QED) is 0.769. The van der Waals surface area contributed by atoms with E-state index in [-0.39, 0.29) is 17.6 Å². The number of hydrogen-bond donors (Lipinski definition) is 0. The molecule has 0 N–H and O–H groups in total. The fraction of sp³-hybridized carbons (Fsp3) is 0.391. The van der Waals surface area contributed by atoms with Crippen molar-refractivity contribution in [1.29, 1.82) is 0 Å². The Morgan fingerprint density at radius 3 is 1.93 bits per heavy atom. The summed E-state index contributed by atoms with van der Waals surface area (Å²) in [5.74, 6) is -0.103. The first-order valence-corrected chi connectivity index (χ1v) is 9.87. The zero-order chi connectivity index (χ0) is 19.9. The molecule has 0 spiro atoms. The summed E-state index contributed by atoms with van der Waals surface area (Å²) in [6.07, 6.45) is 1.93. The van der Waals surface area contributed by atoms with E-state index in [1.807, 2.05) is 11.8 Å². The molecule has 0 radical (unpaired) electrons. The number of carbonyl (C=O) groups is 2. The average Bonchev–Trinajstić information content (AvgIpc) is 2.72. The first-order chi connectivity index (χ1) is 13.5. The van der Waals surface area contributed by atoms with Gasteiger partial charge in [-0.1, -0.05) is 48.0 Å². The van der Waals surface area contributed by atoms with Crippen molar-refractivity contribution in [3.05, 3.63) is 71.0 Å². The molecule has 1 aliphatic rings. The molecule has 0 aliphatic carbocycles. The Morgan fingerprint density at radius 2 is 1.36 bits per heavy atom. The highest BCUT2D eigenvalue weighted by atomic mass is 19.1. The zero-order valence-electron chi connectivity index (χ0n) is 16.4. The van der Waals surface area contributed by atoms with Crippen LogP contribution in [0.2, 0.25) is 0 Å². The van der Waals surface area contributed by atoms with Gasteiger partial charge in [-0.05, 0) is 37.0 Å². The summed E-state index contributed by atoms with van der Waals surface area (Å²) in [6.45, 7) is 4.28. The molecule has 2 aromatic carbocycles. The fourth-order valence-electron chi connectivity index (χ4n) is 3.47. The molecule has 28 heavy (non-hydrogen) atoms. The Kier molecular flexibility index (Phi) is 6.80. The molecule has 0 bridgehead atoms. The Hall–Kier alpha value is -2.69. The van der Waals surface area contributed by atoms with E-state index in [0.717, 1.165) is 6.42 Å². The first-order valence-electron chi connectivity index (χ1n) is 9.87. The van der Waals surface area contributed by atoms with Crippen molar-refractivity contribution < 1.29 is 14.0 Å². The third kappa shape index (κ3) is 5.41. The number of nitrogens with zero attached hydrogens (tertiary/aromatic N) is 2. The van der Waals surface area contributed by atoms with Gasteiger partial charge in [0.2, 0.25) is 11.8 Å². The lowest BCUT2D eigenvalue weighted by molar-refractivity contribution is -0.139. The number of rotatable bonds is 6. The zero-order valence-corrected chi connectivity index (χ0v) is 16.4. The number of halogens is 1. The number of aryl methyl sites for hydroxylation is 3. The highest BCUT2D eigenvalue weighted by Crippen LogP contribution is 2.13. The number of benzene rings is 2. The summed E-state index contributed by atoms with van der Waals surface area (Å²) in [4.78, 5) is 28.5. The van der Waals surface area contributed by atoms with Gasteiger partial charge in [0, 0.05) is 39.0 Å². The van der Waals surface area contributed by atoms with E-state index in [0.29, 0.717) is 51.0 Å². The van der Waals surface area contributed by atoms with Gasteiger partial charge >= 0.3 is 0 Å². The van der Waals surface area contributed by atoms with Crippen LogP contribution in [0, 0.1) is 12.7 Å². The number of amides is 2. The summed E-state index contributed by atoms with van der Waals surface area (Å²) in [5, 5.41) is 0. The number of carbonyl (C=O) groups excluding carboxylic acids is 2. The van der Waals surface area contributed by atoms with Gasteiger partial charge in [-0.2, -0.15) is 0 Å². The van der Waals surface area contributed by atoms with Gasteiger partial charge in [-0.15, -0.1) is 0 Å². The predicted molar refractivity (Wildman–Crippen MR) is 107 cm³/mol. The van der Waals surface area contributed by atoms with E-state index < -0.39 is 0 Å². The van der Waals surface area contributed by atoms with Crippen LogP contribution in [-0.4, -0.2) is 47.8 Å². The molecule has 1 heterocycles. The van der Waals surface area contributed by atoms with Crippen LogP contribution in [0.5, 0.6) is 0 Å². The Labute approximate surface area is 166 Å². The SMILES string of the molecule is Cc1ccc(CCC(=O)N2CCN(C(=O)CCc3ccccc3F)CC2)cc1. The van der Waals surface area contributed by atoms with Crippen LogP contribution < -0.4 is 0 Å². The largest absolute Gasteiger partial charge is 0.339 e. The number of piperazine rings is 1. The number of hydrogen-bond acceptors (Lipinski definition) is 2. The highest BCUT2D eigenvalue weighted by molar-refractivity contribution is 5.78. The topological polar surface area (TPSA) is 40.6 Å². The Balaban J connectivity index is 1.40. The second-order valence-electron chi connectivity index (χ2n) is 7.34. The summed E-state index contributed by atoms with van der Waals surface area (Å²) < 4.78 is 13.7. The standard InChI is InChI=1S/C23H27FN2O2/c1-18-6-8-19(9-7-18)10-12-22(27)25-14-16-26(17-15-25)23(28)13-11-20-4-2-3-5-21(20)24/h2-9H,10-17H2,1H3. The minimum Gasteiger partial charge on any atom is -0.339 e. The Morgan fingerprint density at radius 1 is 0.821 bits per heavy atom. The molecule has 0 saturated carbocycles. The van der Waals surface area contributed by atoms with Crippen molar-refractivity contribution in [2.24, 2.45) is 0 Å². The monoisotopic (exact) mass is 382 g/mol. The van der Waals surface area contributed by atoms with Crippen molar-refractivity contribution in [3.63, 3.8) is 0 Å². The molecule has 0 unspecified atom stereocenters. The molecular formula is C23H27FN2O2. The first kappa shape index (κ1) is 20.1. The summed E-state index contributed by atoms with van der Waals surface area (Å²) in [7, 11) is 0. The molecule has 148 valence electrons. The van der Waals surface area contributed by atoms with Gasteiger partial charge < -0.3 is 9.80 Å². The highest BCUT2D eigenvalue weighted by Gasteiger charge is 2.23.